The number of phenols is 1. The number of halogens is 1. The number of carbonyl (C=O) groups is 1. The molecule has 0 heterocycles. The molecule has 0 atom stereocenters. The Balaban J connectivity index is 3.07. The summed E-state index contributed by atoms with van der Waals surface area (Å²) in [5, 5.41) is 17.5. The first-order chi connectivity index (χ1) is 7.04. The summed E-state index contributed by atoms with van der Waals surface area (Å²) in [6.45, 7) is 0. The first kappa shape index (κ1) is 11.0. The van der Waals surface area contributed by atoms with Gasteiger partial charge in [0.1, 0.15) is 0 Å². The van der Waals surface area contributed by atoms with Crippen LogP contribution in [0.1, 0.15) is 5.56 Å². The fourth-order valence-electron chi connectivity index (χ4n) is 0.992. The average molecular weight is 212 g/mol. The number of rotatable bonds is 3. The normalized spacial score (nSPS) is 11.2. The van der Waals surface area contributed by atoms with E-state index >= 15 is 0 Å². The second kappa shape index (κ2) is 4.45. The fourth-order valence-corrected chi connectivity index (χ4v) is 0.992. The molecular weight excluding hydrogens is 203 g/mol. The largest absolute Gasteiger partial charge is 0.504 e. The van der Waals surface area contributed by atoms with E-state index in [-0.39, 0.29) is 11.5 Å². The molecule has 0 aliphatic rings. The number of hydrogen-bond acceptors (Lipinski definition) is 3. The van der Waals surface area contributed by atoms with Gasteiger partial charge in [0.25, 0.3) is 0 Å². The molecule has 0 saturated carbocycles. The minimum atomic E-state index is -1.64. The molecule has 0 aliphatic carbocycles. The van der Waals surface area contributed by atoms with Gasteiger partial charge in [0, 0.05) is 0 Å². The van der Waals surface area contributed by atoms with Crippen LogP contribution in [-0.4, -0.2) is 23.3 Å². The number of phenolic OH excluding ortho intramolecular Hbond substituents is 1. The fraction of sp³-hybridized carbons (Fsp3) is 0.100. The molecule has 0 amide bonds. The van der Waals surface area contributed by atoms with Crippen LogP contribution in [0.4, 0.5) is 4.39 Å². The zero-order valence-corrected chi connectivity index (χ0v) is 7.90. The van der Waals surface area contributed by atoms with Crippen LogP contribution in [0.5, 0.6) is 11.5 Å². The average Bonchev–Trinajstić information content (AvgIpc) is 2.20. The molecular formula is C10H9FO4. The molecule has 2 N–H and O–H groups in total. The van der Waals surface area contributed by atoms with Crippen molar-refractivity contribution in [2.75, 3.05) is 7.11 Å². The van der Waals surface area contributed by atoms with Gasteiger partial charge < -0.3 is 14.9 Å². The highest BCUT2D eigenvalue weighted by molar-refractivity contribution is 5.89. The molecule has 1 aromatic carbocycles. The summed E-state index contributed by atoms with van der Waals surface area (Å²) >= 11 is 0. The first-order valence-electron chi connectivity index (χ1n) is 4.02. The standard InChI is InChI=1S/C10H9FO4/c1-15-9-5-6(2-3-8(9)12)4-7(11)10(13)14/h2-5,12H,1H3,(H,13,14). The maximum absolute atomic E-state index is 12.7. The summed E-state index contributed by atoms with van der Waals surface area (Å²) in [5.74, 6) is -2.85. The van der Waals surface area contributed by atoms with Crippen molar-refractivity contribution in [2.45, 2.75) is 0 Å². The topological polar surface area (TPSA) is 66.8 Å². The molecule has 5 heteroatoms. The minimum absolute atomic E-state index is 0.0922. The van der Waals surface area contributed by atoms with Gasteiger partial charge in [-0.25, -0.2) is 4.79 Å². The maximum atomic E-state index is 12.7. The lowest BCUT2D eigenvalue weighted by molar-refractivity contribution is -0.134. The number of ether oxygens (including phenoxy) is 1. The molecule has 1 rings (SSSR count). The molecule has 1 aromatic rings. The van der Waals surface area contributed by atoms with Crippen molar-refractivity contribution in [1.82, 2.24) is 0 Å². The lowest BCUT2D eigenvalue weighted by atomic mass is 10.2. The monoisotopic (exact) mass is 212 g/mol. The van der Waals surface area contributed by atoms with Gasteiger partial charge in [-0.2, -0.15) is 4.39 Å². The lowest BCUT2D eigenvalue weighted by Gasteiger charge is -2.03. The van der Waals surface area contributed by atoms with E-state index in [0.29, 0.717) is 5.56 Å². The van der Waals surface area contributed by atoms with Gasteiger partial charge in [0.05, 0.1) is 7.11 Å². The van der Waals surface area contributed by atoms with Crippen molar-refractivity contribution in [3.05, 3.63) is 29.6 Å². The number of benzene rings is 1. The van der Waals surface area contributed by atoms with Gasteiger partial charge in [-0.1, -0.05) is 6.07 Å². The van der Waals surface area contributed by atoms with E-state index in [4.69, 9.17) is 9.84 Å². The Hall–Kier alpha value is -2.04. The molecule has 80 valence electrons. The summed E-state index contributed by atoms with van der Waals surface area (Å²) in [7, 11) is 1.34. The van der Waals surface area contributed by atoms with E-state index < -0.39 is 11.8 Å². The first-order valence-corrected chi connectivity index (χ1v) is 4.02. The molecule has 0 spiro atoms. The Bertz CT molecular complexity index is 412. The van der Waals surface area contributed by atoms with Crippen molar-refractivity contribution < 1.29 is 24.1 Å². The summed E-state index contributed by atoms with van der Waals surface area (Å²) in [4.78, 5) is 10.2. The number of aliphatic carboxylic acids is 1. The van der Waals surface area contributed by atoms with Crippen molar-refractivity contribution in [3.8, 4) is 11.5 Å². The van der Waals surface area contributed by atoms with Crippen molar-refractivity contribution in [1.29, 1.82) is 0 Å². The number of hydrogen-bond donors (Lipinski definition) is 2. The Morgan fingerprint density at radius 2 is 2.20 bits per heavy atom. The smallest absolute Gasteiger partial charge is 0.364 e. The van der Waals surface area contributed by atoms with Gasteiger partial charge in [-0.3, -0.25) is 0 Å². The van der Waals surface area contributed by atoms with Crippen LogP contribution in [0.25, 0.3) is 6.08 Å². The van der Waals surface area contributed by atoms with Gasteiger partial charge in [0.2, 0.25) is 5.83 Å². The number of aromatic hydroxyl groups is 1. The highest BCUT2D eigenvalue weighted by Gasteiger charge is 2.06. The molecule has 0 aliphatic heterocycles. The van der Waals surface area contributed by atoms with Gasteiger partial charge in [-0.15, -0.1) is 0 Å². The van der Waals surface area contributed by atoms with E-state index in [2.05, 4.69) is 0 Å². The summed E-state index contributed by atoms with van der Waals surface area (Å²) in [5.41, 5.74) is 0.296. The molecule has 0 aromatic heterocycles. The van der Waals surface area contributed by atoms with Crippen molar-refractivity contribution in [3.63, 3.8) is 0 Å². The zero-order valence-electron chi connectivity index (χ0n) is 7.90. The predicted octanol–water partition coefficient (Wildman–Crippen LogP) is 1.80. The Kier molecular flexibility index (Phi) is 3.28. The molecule has 15 heavy (non-hydrogen) atoms. The van der Waals surface area contributed by atoms with Crippen LogP contribution in [0.3, 0.4) is 0 Å². The van der Waals surface area contributed by atoms with Crippen LogP contribution < -0.4 is 4.74 Å². The molecule has 0 bridgehead atoms. The predicted molar refractivity (Wildman–Crippen MR) is 51.4 cm³/mol. The van der Waals surface area contributed by atoms with Gasteiger partial charge in [-0.05, 0) is 23.8 Å². The van der Waals surface area contributed by atoms with Crippen LogP contribution in [0, 0.1) is 0 Å². The van der Waals surface area contributed by atoms with E-state index in [1.54, 1.807) is 0 Å². The third-order valence-corrected chi connectivity index (χ3v) is 1.70. The number of carboxylic acids is 1. The highest BCUT2D eigenvalue weighted by Crippen LogP contribution is 2.27. The van der Waals surface area contributed by atoms with E-state index in [1.165, 1.54) is 25.3 Å². The van der Waals surface area contributed by atoms with E-state index in [1.807, 2.05) is 0 Å². The molecule has 4 nitrogen and oxygen atoms in total. The van der Waals surface area contributed by atoms with Gasteiger partial charge >= 0.3 is 5.97 Å². The summed E-state index contributed by atoms with van der Waals surface area (Å²) in [6.07, 6.45) is 0.838. The van der Waals surface area contributed by atoms with Crippen LogP contribution in [0.2, 0.25) is 0 Å². The van der Waals surface area contributed by atoms with Gasteiger partial charge in [0.15, 0.2) is 11.5 Å². The Labute approximate surface area is 85.2 Å². The van der Waals surface area contributed by atoms with Crippen molar-refractivity contribution >= 4 is 12.0 Å². The van der Waals surface area contributed by atoms with Crippen LogP contribution in [-0.2, 0) is 4.79 Å². The Morgan fingerprint density at radius 3 is 2.73 bits per heavy atom. The Morgan fingerprint density at radius 1 is 1.53 bits per heavy atom. The second-order valence-electron chi connectivity index (χ2n) is 2.73. The quantitative estimate of drug-likeness (QED) is 0.749. The summed E-state index contributed by atoms with van der Waals surface area (Å²) in [6, 6.07) is 4.00. The molecule has 0 unspecified atom stereocenters. The van der Waals surface area contributed by atoms with Crippen LogP contribution >= 0.6 is 0 Å². The molecule has 0 saturated heterocycles. The van der Waals surface area contributed by atoms with E-state index in [0.717, 1.165) is 6.08 Å². The highest BCUT2D eigenvalue weighted by atomic mass is 19.1. The minimum Gasteiger partial charge on any atom is -0.504 e. The maximum Gasteiger partial charge on any atom is 0.364 e. The van der Waals surface area contributed by atoms with Crippen molar-refractivity contribution in [2.24, 2.45) is 0 Å². The number of methoxy groups -OCH3 is 1. The molecule has 0 fully saturated rings. The zero-order chi connectivity index (χ0) is 11.4. The second-order valence-corrected chi connectivity index (χ2v) is 2.73. The molecule has 0 radical (unpaired) electrons. The third-order valence-electron chi connectivity index (χ3n) is 1.70. The summed E-state index contributed by atoms with van der Waals surface area (Å²) < 4.78 is 17.5. The lowest BCUT2D eigenvalue weighted by Crippen LogP contribution is -1.94. The van der Waals surface area contributed by atoms with Crippen LogP contribution in [0.15, 0.2) is 24.0 Å². The SMILES string of the molecule is COc1cc(C=C(F)C(=O)O)ccc1O. The third kappa shape index (κ3) is 2.70. The van der Waals surface area contributed by atoms with E-state index in [9.17, 15) is 14.3 Å². The number of carboxylic acid groups (broad SMARTS) is 1.